The van der Waals surface area contributed by atoms with Crippen LogP contribution in [0.3, 0.4) is 0 Å². The number of methoxy groups -OCH3 is 1. The number of nitrogens with one attached hydrogen (secondary N) is 2. The number of esters is 1. The highest BCUT2D eigenvalue weighted by molar-refractivity contribution is 6.02. The molecule has 0 unspecified atom stereocenters. The molecule has 6 nitrogen and oxygen atoms in total. The minimum Gasteiger partial charge on any atom is -0.465 e. The highest BCUT2D eigenvalue weighted by Crippen LogP contribution is 2.24. The number of H-pyrrole nitrogens is 1. The number of hydrogen-bond donors (Lipinski definition) is 2. The first kappa shape index (κ1) is 20.4. The second-order valence-corrected chi connectivity index (χ2v) is 7.58. The third-order valence-corrected chi connectivity index (χ3v) is 4.44. The zero-order valence-electron chi connectivity index (χ0n) is 16.6. The third-order valence-electron chi connectivity index (χ3n) is 4.44. The molecule has 2 rings (SSSR count). The van der Waals surface area contributed by atoms with Gasteiger partial charge in [-0.15, -0.1) is 0 Å². The van der Waals surface area contributed by atoms with E-state index in [1.165, 1.54) is 19.6 Å². The molecule has 0 spiro atoms. The number of anilines is 1. The van der Waals surface area contributed by atoms with Crippen LogP contribution < -0.4 is 5.32 Å². The second kappa shape index (κ2) is 7.78. The van der Waals surface area contributed by atoms with Crippen molar-refractivity contribution in [3.05, 3.63) is 52.3 Å². The molecule has 6 heteroatoms. The topological polar surface area (TPSA) is 88.3 Å². The van der Waals surface area contributed by atoms with Gasteiger partial charge in [-0.1, -0.05) is 32.9 Å². The van der Waals surface area contributed by atoms with E-state index in [4.69, 9.17) is 4.74 Å². The first-order valence-electron chi connectivity index (χ1n) is 8.75. The molecule has 1 aromatic carbocycles. The van der Waals surface area contributed by atoms with Gasteiger partial charge in [-0.3, -0.25) is 9.59 Å². The van der Waals surface area contributed by atoms with Gasteiger partial charge in [0, 0.05) is 18.3 Å². The van der Waals surface area contributed by atoms with E-state index in [1.807, 2.05) is 24.3 Å². The quantitative estimate of drug-likeness (QED) is 0.619. The Morgan fingerprint density at radius 3 is 2.19 bits per heavy atom. The van der Waals surface area contributed by atoms with Gasteiger partial charge in [-0.2, -0.15) is 0 Å². The monoisotopic (exact) mass is 370 g/mol. The van der Waals surface area contributed by atoms with E-state index < -0.39 is 5.97 Å². The molecule has 1 heterocycles. The Morgan fingerprint density at radius 1 is 1.11 bits per heavy atom. The molecule has 0 fully saturated rings. The number of benzene rings is 1. The van der Waals surface area contributed by atoms with E-state index in [9.17, 15) is 14.4 Å². The SMILES string of the molecule is COC(=O)c1c(CC(=O)Nc2ccc(C(C)(C)C)cc2)[nH]c(C(C)=O)c1C. The summed E-state index contributed by atoms with van der Waals surface area (Å²) in [5.74, 6) is -1.07. The van der Waals surface area contributed by atoms with Gasteiger partial charge in [0.1, 0.15) is 0 Å². The first-order chi connectivity index (χ1) is 12.5. The summed E-state index contributed by atoms with van der Waals surface area (Å²) in [6.07, 6.45) is -0.0699. The van der Waals surface area contributed by atoms with E-state index in [2.05, 4.69) is 31.1 Å². The highest BCUT2D eigenvalue weighted by Gasteiger charge is 2.24. The summed E-state index contributed by atoms with van der Waals surface area (Å²) < 4.78 is 4.79. The normalized spacial score (nSPS) is 11.2. The van der Waals surface area contributed by atoms with Gasteiger partial charge in [0.25, 0.3) is 0 Å². The summed E-state index contributed by atoms with van der Waals surface area (Å²) in [4.78, 5) is 39.2. The van der Waals surface area contributed by atoms with Crippen LogP contribution in [0.4, 0.5) is 5.69 Å². The van der Waals surface area contributed by atoms with Gasteiger partial charge in [0.15, 0.2) is 5.78 Å². The van der Waals surface area contributed by atoms with E-state index >= 15 is 0 Å². The average Bonchev–Trinajstić information content (AvgIpc) is 2.90. The molecule has 0 aliphatic carbocycles. The van der Waals surface area contributed by atoms with Crippen LogP contribution in [0.2, 0.25) is 0 Å². The number of aromatic nitrogens is 1. The van der Waals surface area contributed by atoms with Gasteiger partial charge in [0.2, 0.25) is 5.91 Å². The molecular weight excluding hydrogens is 344 g/mol. The van der Waals surface area contributed by atoms with E-state index in [0.29, 0.717) is 22.6 Å². The second-order valence-electron chi connectivity index (χ2n) is 7.58. The van der Waals surface area contributed by atoms with Gasteiger partial charge >= 0.3 is 5.97 Å². The molecule has 1 amide bonds. The molecule has 0 aliphatic rings. The highest BCUT2D eigenvalue weighted by atomic mass is 16.5. The van der Waals surface area contributed by atoms with Crippen LogP contribution in [0.1, 0.15) is 65.4 Å². The minimum absolute atomic E-state index is 0.0306. The summed E-state index contributed by atoms with van der Waals surface area (Å²) in [5.41, 5.74) is 3.28. The summed E-state index contributed by atoms with van der Waals surface area (Å²) in [6.45, 7) is 9.42. The molecule has 2 aromatic rings. The van der Waals surface area contributed by atoms with Crippen LogP contribution in [-0.4, -0.2) is 29.8 Å². The smallest absolute Gasteiger partial charge is 0.339 e. The summed E-state index contributed by atoms with van der Waals surface area (Å²) in [7, 11) is 1.27. The summed E-state index contributed by atoms with van der Waals surface area (Å²) >= 11 is 0. The van der Waals surface area contributed by atoms with Crippen LogP contribution >= 0.6 is 0 Å². The zero-order valence-corrected chi connectivity index (χ0v) is 16.6. The molecule has 0 aliphatic heterocycles. The van der Waals surface area contributed by atoms with Crippen molar-refractivity contribution in [2.75, 3.05) is 12.4 Å². The molecular formula is C21H26N2O4. The Hall–Kier alpha value is -2.89. The molecule has 0 radical (unpaired) electrons. The van der Waals surface area contributed by atoms with Crippen LogP contribution in [0.15, 0.2) is 24.3 Å². The van der Waals surface area contributed by atoms with Crippen LogP contribution in [0.5, 0.6) is 0 Å². The molecule has 144 valence electrons. The lowest BCUT2D eigenvalue weighted by Gasteiger charge is -2.19. The van der Waals surface area contributed by atoms with E-state index in [-0.39, 0.29) is 29.1 Å². The number of aromatic amines is 1. The van der Waals surface area contributed by atoms with Crippen LogP contribution in [-0.2, 0) is 21.4 Å². The number of carbonyl (C=O) groups excluding carboxylic acids is 3. The molecule has 0 bridgehead atoms. The lowest BCUT2D eigenvalue weighted by atomic mass is 9.87. The van der Waals surface area contributed by atoms with Crippen molar-refractivity contribution >= 4 is 23.3 Å². The fraction of sp³-hybridized carbons (Fsp3) is 0.381. The van der Waals surface area contributed by atoms with Gasteiger partial charge < -0.3 is 15.0 Å². The maximum atomic E-state index is 12.4. The number of ketones is 1. The molecule has 0 atom stereocenters. The number of Topliss-reactive ketones (excluding diaryl/α,β-unsaturated/α-hetero) is 1. The maximum absolute atomic E-state index is 12.4. The number of amides is 1. The van der Waals surface area contributed by atoms with Crippen molar-refractivity contribution in [1.29, 1.82) is 0 Å². The van der Waals surface area contributed by atoms with E-state index in [1.54, 1.807) is 6.92 Å². The first-order valence-corrected chi connectivity index (χ1v) is 8.75. The van der Waals surface area contributed by atoms with Crippen LogP contribution in [0, 0.1) is 6.92 Å². The van der Waals surface area contributed by atoms with Crippen molar-refractivity contribution in [2.24, 2.45) is 0 Å². The molecule has 2 N–H and O–H groups in total. The Labute approximate surface area is 159 Å². The zero-order chi connectivity index (χ0) is 20.4. The molecule has 0 saturated carbocycles. The Morgan fingerprint density at radius 2 is 1.70 bits per heavy atom. The van der Waals surface area contributed by atoms with Crippen molar-refractivity contribution in [1.82, 2.24) is 4.98 Å². The minimum atomic E-state index is -0.575. The number of rotatable bonds is 5. The number of ether oxygens (including phenoxy) is 1. The lowest BCUT2D eigenvalue weighted by molar-refractivity contribution is -0.115. The van der Waals surface area contributed by atoms with Gasteiger partial charge in [-0.05, 0) is 35.6 Å². The molecule has 0 saturated heterocycles. The molecule has 1 aromatic heterocycles. The summed E-state index contributed by atoms with van der Waals surface area (Å²) in [6, 6.07) is 7.64. The molecule has 27 heavy (non-hydrogen) atoms. The third kappa shape index (κ3) is 4.64. The lowest BCUT2D eigenvalue weighted by Crippen LogP contribution is -2.17. The fourth-order valence-electron chi connectivity index (χ4n) is 2.94. The Kier molecular flexibility index (Phi) is 5.88. The van der Waals surface area contributed by atoms with Crippen molar-refractivity contribution in [3.8, 4) is 0 Å². The van der Waals surface area contributed by atoms with Gasteiger partial charge in [0.05, 0.1) is 24.8 Å². The Bertz CT molecular complexity index is 871. The van der Waals surface area contributed by atoms with E-state index in [0.717, 1.165) is 0 Å². The predicted molar refractivity (Wildman–Crippen MR) is 104 cm³/mol. The van der Waals surface area contributed by atoms with Crippen molar-refractivity contribution < 1.29 is 19.1 Å². The van der Waals surface area contributed by atoms with Crippen molar-refractivity contribution in [2.45, 2.75) is 46.5 Å². The number of carbonyl (C=O) groups is 3. The average molecular weight is 370 g/mol. The van der Waals surface area contributed by atoms with Crippen molar-refractivity contribution in [3.63, 3.8) is 0 Å². The predicted octanol–water partition coefficient (Wildman–Crippen LogP) is 3.79. The van der Waals surface area contributed by atoms with Crippen LogP contribution in [0.25, 0.3) is 0 Å². The maximum Gasteiger partial charge on any atom is 0.339 e. The largest absolute Gasteiger partial charge is 0.465 e. The van der Waals surface area contributed by atoms with Gasteiger partial charge in [-0.25, -0.2) is 4.79 Å². The summed E-state index contributed by atoms with van der Waals surface area (Å²) in [5, 5.41) is 2.82. The standard InChI is InChI=1S/C21H26N2O4/c1-12-18(20(26)27-6)16(23-19(12)13(2)24)11-17(25)22-15-9-7-14(8-10-15)21(3,4)5/h7-10,23H,11H2,1-6H3,(H,22,25). The fourth-order valence-corrected chi connectivity index (χ4v) is 2.94. The Balaban J connectivity index is 2.21. The number of hydrogen-bond acceptors (Lipinski definition) is 4.